The molecule has 278 valence electrons. The highest BCUT2D eigenvalue weighted by atomic mass is 16.2. The summed E-state index contributed by atoms with van der Waals surface area (Å²) in [5.74, 6) is -1.66. The van der Waals surface area contributed by atoms with Crippen molar-refractivity contribution in [3.8, 4) is 0 Å². The van der Waals surface area contributed by atoms with Crippen molar-refractivity contribution in [2.24, 2.45) is 0 Å². The van der Waals surface area contributed by atoms with Gasteiger partial charge < -0.3 is 21.3 Å². The molecule has 2 aromatic heterocycles. The molecule has 4 N–H and O–H groups in total. The predicted molar refractivity (Wildman–Crippen MR) is 221 cm³/mol. The summed E-state index contributed by atoms with van der Waals surface area (Å²) in [6.45, 7) is 2.80. The zero-order valence-electron chi connectivity index (χ0n) is 31.0. The number of carbonyl (C=O) groups excluding carboxylic acids is 4. The van der Waals surface area contributed by atoms with Crippen molar-refractivity contribution < 1.29 is 19.2 Å². The third-order valence-electron chi connectivity index (χ3n) is 10.8. The Bertz CT molecular complexity index is 2920. The molecule has 0 atom stereocenters. The molecule has 2 aliphatic rings. The van der Waals surface area contributed by atoms with Crippen LogP contribution in [0.3, 0.4) is 0 Å². The van der Waals surface area contributed by atoms with E-state index in [2.05, 4.69) is 31.2 Å². The van der Waals surface area contributed by atoms with Crippen molar-refractivity contribution in [3.05, 3.63) is 178 Å². The van der Waals surface area contributed by atoms with Crippen LogP contribution in [0.25, 0.3) is 43.1 Å². The van der Waals surface area contributed by atoms with E-state index in [1.807, 2.05) is 97.9 Å². The highest BCUT2D eigenvalue weighted by Gasteiger charge is 2.21. The van der Waals surface area contributed by atoms with Gasteiger partial charge in [-0.05, 0) is 102 Å². The highest BCUT2D eigenvalue weighted by Crippen LogP contribution is 2.36. The van der Waals surface area contributed by atoms with E-state index in [-0.39, 0.29) is 49.0 Å². The maximum atomic E-state index is 13.7. The Labute approximate surface area is 327 Å². The number of nitrogens with one attached hydrogen (secondary N) is 4. The number of rotatable bonds is 0. The lowest BCUT2D eigenvalue weighted by molar-refractivity contribution is 0.0925. The van der Waals surface area contributed by atoms with Crippen molar-refractivity contribution in [2.45, 2.75) is 33.1 Å². The lowest BCUT2D eigenvalue weighted by Crippen LogP contribution is -2.28. The van der Waals surface area contributed by atoms with Crippen molar-refractivity contribution in [1.29, 1.82) is 0 Å². The molecule has 8 bridgehead atoms. The second-order valence-corrected chi connectivity index (χ2v) is 14.1. The zero-order valence-corrected chi connectivity index (χ0v) is 31.0. The fourth-order valence-electron chi connectivity index (χ4n) is 8.09. The Morgan fingerprint density at radius 1 is 0.351 bits per heavy atom. The summed E-state index contributed by atoms with van der Waals surface area (Å²) in [7, 11) is 0. The van der Waals surface area contributed by atoms with Gasteiger partial charge in [-0.25, -0.2) is 9.97 Å². The fraction of sp³-hybridized carbons (Fsp3) is 0.106. The van der Waals surface area contributed by atoms with Gasteiger partial charge in [-0.2, -0.15) is 0 Å². The second kappa shape index (κ2) is 14.6. The largest absolute Gasteiger partial charge is 0.347 e. The molecule has 0 fully saturated rings. The van der Waals surface area contributed by atoms with E-state index < -0.39 is 23.6 Å². The average molecular weight is 749 g/mol. The zero-order chi connectivity index (χ0) is 39.0. The van der Waals surface area contributed by atoms with Crippen LogP contribution in [0, 0.1) is 6.92 Å². The lowest BCUT2D eigenvalue weighted by atomic mass is 9.89. The summed E-state index contributed by atoms with van der Waals surface area (Å²) in [5, 5.41) is 19.6. The van der Waals surface area contributed by atoms with E-state index in [0.29, 0.717) is 0 Å². The molecular formula is C47H36N6O4. The van der Waals surface area contributed by atoms with Crippen molar-refractivity contribution in [2.75, 3.05) is 0 Å². The monoisotopic (exact) mass is 748 g/mol. The van der Waals surface area contributed by atoms with E-state index in [1.54, 1.807) is 36.4 Å². The molecular weight excluding hydrogens is 713 g/mol. The molecule has 4 amide bonds. The van der Waals surface area contributed by atoms with Gasteiger partial charge >= 0.3 is 0 Å². The number of nitrogens with zero attached hydrogens (tertiary/aromatic N) is 2. The summed E-state index contributed by atoms with van der Waals surface area (Å²) in [4.78, 5) is 63.8. The third-order valence-corrected chi connectivity index (χ3v) is 10.8. The molecule has 0 radical (unpaired) electrons. The van der Waals surface area contributed by atoms with E-state index in [9.17, 15) is 19.2 Å². The molecule has 0 spiro atoms. The minimum atomic E-state index is -0.416. The molecule has 6 aromatic carbocycles. The van der Waals surface area contributed by atoms with Crippen LogP contribution < -0.4 is 21.3 Å². The van der Waals surface area contributed by atoms with E-state index in [0.717, 1.165) is 70.9 Å². The summed E-state index contributed by atoms with van der Waals surface area (Å²) < 4.78 is 0. The summed E-state index contributed by atoms with van der Waals surface area (Å²) in [5.41, 5.74) is 5.12. The number of aryl methyl sites for hydroxylation is 1. The summed E-state index contributed by atoms with van der Waals surface area (Å²) in [6, 6.07) is 39.4. The normalized spacial score (nSPS) is 14.1. The number of benzene rings is 6. The lowest BCUT2D eigenvalue weighted by Gasteiger charge is -2.19. The first kappa shape index (κ1) is 35.3. The number of fused-ring (bicyclic) bond motifs is 9. The van der Waals surface area contributed by atoms with Crippen molar-refractivity contribution >= 4 is 66.7 Å². The maximum Gasteiger partial charge on any atom is 0.270 e. The standard InChI is InChI=1S/C47H36N6O4/c1-27-11-8-18-34-37-25-50-46(56)41-21-9-19-39(52-41)44(54)48-23-35-28-12-2-4-14-30(28)36(31-15-5-3-13-29(31)35)24-49-45(55)40-20-10-22-42(53-40)47(57)51-26-38(43(27)34)33-17-7-6-16-32(33)37/h2-22H,23-26H2,1H3,(H,48,54)(H,49,55)(H,50,56)(H,51,57). The molecule has 57 heavy (non-hydrogen) atoms. The number of carbonyl (C=O) groups is 4. The van der Waals surface area contributed by atoms with Crippen LogP contribution in [0.15, 0.2) is 127 Å². The number of pyridine rings is 2. The van der Waals surface area contributed by atoms with Crippen molar-refractivity contribution in [3.63, 3.8) is 0 Å². The van der Waals surface area contributed by atoms with Gasteiger partial charge in [-0.1, -0.05) is 103 Å². The van der Waals surface area contributed by atoms with E-state index in [1.165, 1.54) is 0 Å². The number of aromatic nitrogens is 2. The molecule has 0 saturated carbocycles. The van der Waals surface area contributed by atoms with Gasteiger partial charge in [0.05, 0.1) is 0 Å². The summed E-state index contributed by atoms with van der Waals surface area (Å²) in [6.07, 6.45) is 0. The molecule has 0 saturated heterocycles. The number of amides is 4. The van der Waals surface area contributed by atoms with E-state index in [4.69, 9.17) is 0 Å². The van der Waals surface area contributed by atoms with Crippen LogP contribution in [-0.4, -0.2) is 33.6 Å². The molecule has 4 heterocycles. The molecule has 10 nitrogen and oxygen atoms in total. The fourth-order valence-corrected chi connectivity index (χ4v) is 8.09. The first-order valence-corrected chi connectivity index (χ1v) is 18.8. The van der Waals surface area contributed by atoms with Crippen LogP contribution in [0.5, 0.6) is 0 Å². The molecule has 0 aliphatic carbocycles. The highest BCUT2D eigenvalue weighted by molar-refractivity contribution is 6.09. The average Bonchev–Trinajstić information content (AvgIpc) is 3.25. The molecule has 10 rings (SSSR count). The van der Waals surface area contributed by atoms with E-state index >= 15 is 0 Å². The molecule has 0 unspecified atom stereocenters. The Kier molecular flexibility index (Phi) is 9.06. The SMILES string of the molecule is Cc1cccc2c3c4ccccc4c(c12)CNC(=O)c1cccc(n1)C(=O)NCc1c2ccccc2c(c2ccccc12)CNC(=O)c1cccc(n1)C(=O)NC3. The van der Waals surface area contributed by atoms with Crippen LogP contribution in [0.4, 0.5) is 0 Å². The minimum Gasteiger partial charge on any atom is -0.347 e. The Hall–Kier alpha value is -7.46. The van der Waals surface area contributed by atoms with Gasteiger partial charge in [0, 0.05) is 26.2 Å². The first-order valence-electron chi connectivity index (χ1n) is 18.8. The Balaban J connectivity index is 1.15. The van der Waals surface area contributed by atoms with Gasteiger partial charge in [0.15, 0.2) is 0 Å². The Morgan fingerprint density at radius 2 is 0.632 bits per heavy atom. The number of hydrogen-bond acceptors (Lipinski definition) is 6. The topological polar surface area (TPSA) is 142 Å². The van der Waals surface area contributed by atoms with Gasteiger partial charge in [0.2, 0.25) is 0 Å². The minimum absolute atomic E-state index is 0.118. The maximum absolute atomic E-state index is 13.7. The third kappa shape index (κ3) is 6.46. The molecule has 2 aliphatic heterocycles. The molecule has 10 heteroatoms. The van der Waals surface area contributed by atoms with Gasteiger partial charge in [-0.15, -0.1) is 0 Å². The van der Waals surface area contributed by atoms with Crippen molar-refractivity contribution in [1.82, 2.24) is 31.2 Å². The quantitative estimate of drug-likeness (QED) is 0.119. The number of hydrogen-bond donors (Lipinski definition) is 4. The van der Waals surface area contributed by atoms with Crippen LogP contribution >= 0.6 is 0 Å². The molecule has 8 aromatic rings. The van der Waals surface area contributed by atoms with Gasteiger partial charge in [0.1, 0.15) is 22.8 Å². The van der Waals surface area contributed by atoms with Crippen LogP contribution in [-0.2, 0) is 26.2 Å². The van der Waals surface area contributed by atoms with Gasteiger partial charge in [-0.3, -0.25) is 19.2 Å². The van der Waals surface area contributed by atoms with Crippen LogP contribution in [0.1, 0.15) is 69.8 Å². The first-order chi connectivity index (χ1) is 27.9. The van der Waals surface area contributed by atoms with Crippen LogP contribution in [0.2, 0.25) is 0 Å². The Morgan fingerprint density at radius 3 is 1.00 bits per heavy atom. The second-order valence-electron chi connectivity index (χ2n) is 14.1. The predicted octanol–water partition coefficient (Wildman–Crippen LogP) is 7.43. The van der Waals surface area contributed by atoms with Gasteiger partial charge in [0.25, 0.3) is 23.6 Å². The summed E-state index contributed by atoms with van der Waals surface area (Å²) >= 11 is 0. The smallest absolute Gasteiger partial charge is 0.270 e.